The fraction of sp³-hybridized carbons (Fsp3) is 0. The maximum absolute atomic E-state index is 0. The van der Waals surface area contributed by atoms with Gasteiger partial charge in [-0.1, -0.05) is 0 Å². The van der Waals surface area contributed by atoms with Gasteiger partial charge in [-0.25, -0.2) is 0 Å². The Bertz CT molecular complexity index is 16.9. The van der Waals surface area contributed by atoms with Crippen LogP contribution in [-0.2, 0) is 0 Å². The van der Waals surface area contributed by atoms with Crippen molar-refractivity contribution in [2.24, 2.45) is 0 Å². The van der Waals surface area contributed by atoms with Gasteiger partial charge in [0.25, 0.3) is 0 Å². The molecule has 0 aromatic rings. The van der Waals surface area contributed by atoms with E-state index in [0.717, 1.165) is 0 Å². The van der Waals surface area contributed by atoms with Gasteiger partial charge in [0.05, 0.1) is 0 Å². The van der Waals surface area contributed by atoms with Gasteiger partial charge < -0.3 is 6.90 Å². The molecule has 0 heterocycles. The van der Waals surface area contributed by atoms with Crippen molar-refractivity contribution in [1.82, 2.24) is 0 Å². The molecule has 0 radical (unpaired) electrons. The van der Waals surface area contributed by atoms with E-state index >= 15 is 0 Å². The van der Waals surface area contributed by atoms with Crippen LogP contribution in [0, 0.1) is 0 Å². The predicted molar refractivity (Wildman–Crippen MR) is 67.7 cm³/mol. The molecule has 0 spiro atoms. The minimum Gasteiger partial charge on any atom is -1.00 e. The van der Waals surface area contributed by atoms with E-state index in [9.17, 15) is 0 Å². The summed E-state index contributed by atoms with van der Waals surface area (Å²) in [5.41, 5.74) is 0. The summed E-state index contributed by atoms with van der Waals surface area (Å²) in [5.74, 6) is 0. The Balaban J connectivity index is 0. The van der Waals surface area contributed by atoms with Gasteiger partial charge in [0, 0.05) is 0 Å². The second-order valence-corrected chi connectivity index (χ2v) is 0. The minimum absolute atomic E-state index is 0. The van der Waals surface area contributed by atoms with E-state index in [-0.39, 0.29) is 114 Å². The molecular weight excluding hydrogens is 230 g/mol. The molecule has 0 amide bonds. The van der Waals surface area contributed by atoms with Crippen LogP contribution in [0.3, 0.4) is 0 Å². The van der Waals surface area contributed by atoms with Crippen LogP contribution in [0.2, 0.25) is 0 Å². The van der Waals surface area contributed by atoms with E-state index in [1.54, 1.807) is 0 Å². The summed E-state index contributed by atoms with van der Waals surface area (Å²) < 4.78 is 0. The number of hydrogen-bond donors (Lipinski definition) is 0. The summed E-state index contributed by atoms with van der Waals surface area (Å²) in [5, 5.41) is 0. The van der Waals surface area contributed by atoms with E-state index in [0.29, 0.717) is 0 Å². The molecule has 0 saturated heterocycles. The molecule has 0 rings (SSSR count). The van der Waals surface area contributed by atoms with E-state index in [1.807, 2.05) is 0 Å². The summed E-state index contributed by atoms with van der Waals surface area (Å²) in [7, 11) is 0. The van der Waals surface area contributed by atoms with Gasteiger partial charge in [-0.2, -0.15) is 77.4 Å². The predicted octanol–water partition coefficient (Wildman–Crippen LogP) is -3.09. The molecule has 1 nitrogen and oxygen atoms in total. The molecular formula is H16NaOPS5. The Hall–Kier alpha value is 3.14. The minimum atomic E-state index is 0. The summed E-state index contributed by atoms with van der Waals surface area (Å²) in [6.45, 7) is 0. The molecule has 8 heavy (non-hydrogen) atoms. The van der Waals surface area contributed by atoms with Crippen molar-refractivity contribution in [1.29, 1.82) is 0 Å². The molecule has 1 atom stereocenters. The van der Waals surface area contributed by atoms with Gasteiger partial charge in [-0.3, -0.25) is 0 Å². The van der Waals surface area contributed by atoms with Gasteiger partial charge in [-0.15, -0.1) is 0 Å². The zero-order valence-electron chi connectivity index (χ0n) is 5.71. The Morgan fingerprint density at radius 2 is 0.625 bits per heavy atom. The maximum atomic E-state index is 0. The van der Waals surface area contributed by atoms with Crippen molar-refractivity contribution in [3.63, 3.8) is 0 Å². The fourth-order valence-corrected chi connectivity index (χ4v) is 0. The second-order valence-electron chi connectivity index (χ2n) is 0. The van der Waals surface area contributed by atoms with E-state index in [2.05, 4.69) is 0 Å². The quantitative estimate of drug-likeness (QED) is 0.321. The molecule has 58 valence electrons. The Kier molecular flexibility index (Phi) is 1250. The molecule has 0 aliphatic rings. The molecule has 8 heteroatoms. The topological polar surface area (TPSA) is 31.5 Å². The van der Waals surface area contributed by atoms with Crippen molar-refractivity contribution < 1.29 is 36.5 Å². The Morgan fingerprint density at radius 1 is 0.625 bits per heavy atom. The van der Waals surface area contributed by atoms with Crippen LogP contribution in [0.4, 0.5) is 0 Å². The van der Waals surface area contributed by atoms with Crippen LogP contribution in [0.15, 0.2) is 0 Å². The second kappa shape index (κ2) is 85.9. The SMILES string of the molecule is O.P.S.S.S.S.S.[H-].[Na+]. The molecule has 0 fully saturated rings. The van der Waals surface area contributed by atoms with Crippen molar-refractivity contribution in [2.45, 2.75) is 0 Å². The van der Waals surface area contributed by atoms with Gasteiger partial charge in [0.15, 0.2) is 0 Å². The summed E-state index contributed by atoms with van der Waals surface area (Å²) >= 11 is 0. The first-order valence-corrected chi connectivity index (χ1v) is 0. The standard InChI is InChI=1S/Na.H2O.H3P.5H2S.H/h;1H2;1H3;5*1H2;/q+1;;;;;;;;-1. The van der Waals surface area contributed by atoms with Gasteiger partial charge in [0.1, 0.15) is 0 Å². The third-order valence-electron chi connectivity index (χ3n) is 0. The summed E-state index contributed by atoms with van der Waals surface area (Å²) in [6.07, 6.45) is 0. The molecule has 0 aromatic heterocycles. The molecule has 1 unspecified atom stereocenters. The van der Waals surface area contributed by atoms with Crippen molar-refractivity contribution in [3.8, 4) is 0 Å². The van der Waals surface area contributed by atoms with E-state index < -0.39 is 0 Å². The first kappa shape index (κ1) is 116. The summed E-state index contributed by atoms with van der Waals surface area (Å²) in [6, 6.07) is 0. The largest absolute Gasteiger partial charge is 1.00 e. The van der Waals surface area contributed by atoms with E-state index in [4.69, 9.17) is 0 Å². The average molecular weight is 246 g/mol. The van der Waals surface area contributed by atoms with Crippen LogP contribution in [-0.4, -0.2) is 5.48 Å². The van der Waals surface area contributed by atoms with E-state index in [1.165, 1.54) is 0 Å². The molecule has 0 aliphatic carbocycles. The number of hydrogen-bond acceptors (Lipinski definition) is 0. The summed E-state index contributed by atoms with van der Waals surface area (Å²) in [4.78, 5) is 0. The third kappa shape index (κ3) is 61.4. The van der Waals surface area contributed by atoms with Gasteiger partial charge in [-0.05, 0) is 0 Å². The van der Waals surface area contributed by atoms with Crippen LogP contribution < -0.4 is 29.6 Å². The van der Waals surface area contributed by atoms with Gasteiger partial charge in [0.2, 0.25) is 0 Å². The van der Waals surface area contributed by atoms with Crippen LogP contribution in [0.25, 0.3) is 0 Å². The molecule has 0 bridgehead atoms. The number of rotatable bonds is 0. The van der Waals surface area contributed by atoms with Crippen LogP contribution in [0.1, 0.15) is 1.43 Å². The Labute approximate surface area is 112 Å². The zero-order valence-corrected chi connectivity index (χ0v) is 13.1. The van der Waals surface area contributed by atoms with Crippen molar-refractivity contribution in [2.75, 3.05) is 0 Å². The Morgan fingerprint density at radius 3 is 0.625 bits per heavy atom. The zero-order chi connectivity index (χ0) is 0. The molecule has 0 saturated carbocycles. The molecule has 2 N–H and O–H groups in total. The normalized spacial score (nSPS) is 0. The van der Waals surface area contributed by atoms with Gasteiger partial charge >= 0.3 is 29.6 Å². The van der Waals surface area contributed by atoms with Crippen molar-refractivity contribution in [3.05, 3.63) is 0 Å². The third-order valence-corrected chi connectivity index (χ3v) is 0. The first-order valence-electron chi connectivity index (χ1n) is 0. The van der Waals surface area contributed by atoms with Crippen LogP contribution >= 0.6 is 77.4 Å². The van der Waals surface area contributed by atoms with Crippen LogP contribution in [0.5, 0.6) is 0 Å². The monoisotopic (exact) mass is 246 g/mol. The fourth-order valence-electron chi connectivity index (χ4n) is 0. The smallest absolute Gasteiger partial charge is 1.00 e. The van der Waals surface area contributed by atoms with Crippen molar-refractivity contribution >= 4 is 77.4 Å². The average Bonchev–Trinajstić information content (AvgIpc) is 0. The first-order chi connectivity index (χ1) is 0. The molecule has 0 aliphatic heterocycles. The molecule has 0 aromatic carbocycles. The maximum Gasteiger partial charge on any atom is 1.00 e.